The number of aryl methyl sites for hydroxylation is 2. The number of aromatic nitrogens is 4. The Kier molecular flexibility index (Phi) is 3.49. The van der Waals surface area contributed by atoms with Gasteiger partial charge in [-0.25, -0.2) is 0 Å². The number of rotatable bonds is 4. The topological polar surface area (TPSA) is 69.6 Å². The minimum Gasteiger partial charge on any atom is -0.330 e. The summed E-state index contributed by atoms with van der Waals surface area (Å²) in [5.41, 5.74) is 8.99. The van der Waals surface area contributed by atoms with Crippen molar-refractivity contribution >= 4 is 0 Å². The van der Waals surface area contributed by atoms with Crippen molar-refractivity contribution in [3.05, 3.63) is 35.2 Å². The number of nitrogens with two attached hydrogens (primary N) is 1. The molecule has 0 aliphatic carbocycles. The second-order valence-electron chi connectivity index (χ2n) is 4.12. The lowest BCUT2D eigenvalue weighted by molar-refractivity contribution is 0.723. The van der Waals surface area contributed by atoms with E-state index in [-0.39, 0.29) is 0 Å². The Morgan fingerprint density at radius 3 is 2.88 bits per heavy atom. The molecule has 90 valence electrons. The Morgan fingerprint density at radius 2 is 2.12 bits per heavy atom. The van der Waals surface area contributed by atoms with Crippen LogP contribution in [0.1, 0.15) is 23.4 Å². The molecule has 1 aromatic heterocycles. The molecule has 1 aromatic carbocycles. The Morgan fingerprint density at radius 1 is 1.29 bits per heavy atom. The van der Waals surface area contributed by atoms with Gasteiger partial charge in [0.2, 0.25) is 0 Å². The van der Waals surface area contributed by atoms with Crippen LogP contribution in [-0.2, 0) is 6.42 Å². The van der Waals surface area contributed by atoms with E-state index in [0.29, 0.717) is 6.54 Å². The summed E-state index contributed by atoms with van der Waals surface area (Å²) in [7, 11) is 0. The average Bonchev–Trinajstić information content (AvgIpc) is 2.78. The van der Waals surface area contributed by atoms with E-state index in [9.17, 15) is 0 Å². The van der Waals surface area contributed by atoms with Crippen LogP contribution in [0, 0.1) is 13.8 Å². The van der Waals surface area contributed by atoms with E-state index in [1.165, 1.54) is 11.1 Å². The Hall–Kier alpha value is -1.75. The SMILES string of the molecule is Cc1cccc(-n2nnnc2CCCN)c1C. The zero-order chi connectivity index (χ0) is 12.3. The van der Waals surface area contributed by atoms with Gasteiger partial charge in [0.25, 0.3) is 0 Å². The van der Waals surface area contributed by atoms with Crippen LogP contribution in [0.15, 0.2) is 18.2 Å². The van der Waals surface area contributed by atoms with Crippen LogP contribution in [0.2, 0.25) is 0 Å². The fourth-order valence-corrected chi connectivity index (χ4v) is 1.77. The number of nitrogens with zero attached hydrogens (tertiary/aromatic N) is 4. The molecular weight excluding hydrogens is 214 g/mol. The maximum Gasteiger partial charge on any atom is 0.156 e. The monoisotopic (exact) mass is 231 g/mol. The minimum absolute atomic E-state index is 0.652. The largest absolute Gasteiger partial charge is 0.330 e. The van der Waals surface area contributed by atoms with Gasteiger partial charge in [0.15, 0.2) is 5.82 Å². The van der Waals surface area contributed by atoms with E-state index < -0.39 is 0 Å². The van der Waals surface area contributed by atoms with Gasteiger partial charge in [0, 0.05) is 6.42 Å². The van der Waals surface area contributed by atoms with Crippen LogP contribution in [0.4, 0.5) is 0 Å². The quantitative estimate of drug-likeness (QED) is 0.857. The Labute approximate surface area is 101 Å². The summed E-state index contributed by atoms with van der Waals surface area (Å²) in [6.45, 7) is 4.82. The van der Waals surface area contributed by atoms with Gasteiger partial charge in [0.05, 0.1) is 5.69 Å². The van der Waals surface area contributed by atoms with Crippen LogP contribution in [0.5, 0.6) is 0 Å². The molecule has 5 heteroatoms. The first-order valence-electron chi connectivity index (χ1n) is 5.78. The second kappa shape index (κ2) is 5.05. The molecule has 0 amide bonds. The molecule has 5 nitrogen and oxygen atoms in total. The summed E-state index contributed by atoms with van der Waals surface area (Å²) >= 11 is 0. The lowest BCUT2D eigenvalue weighted by atomic mass is 10.1. The van der Waals surface area contributed by atoms with Crippen molar-refractivity contribution in [1.82, 2.24) is 20.2 Å². The molecule has 0 aliphatic heterocycles. The van der Waals surface area contributed by atoms with Crippen LogP contribution in [-0.4, -0.2) is 26.8 Å². The molecule has 2 rings (SSSR count). The van der Waals surface area contributed by atoms with Crippen molar-refractivity contribution < 1.29 is 0 Å². The number of hydrogen-bond acceptors (Lipinski definition) is 4. The Balaban J connectivity index is 2.39. The van der Waals surface area contributed by atoms with Gasteiger partial charge in [-0.05, 0) is 54.4 Å². The van der Waals surface area contributed by atoms with E-state index in [0.717, 1.165) is 24.4 Å². The third-order valence-corrected chi connectivity index (χ3v) is 2.94. The molecule has 1 heterocycles. The molecule has 0 saturated carbocycles. The van der Waals surface area contributed by atoms with Crippen LogP contribution in [0.25, 0.3) is 5.69 Å². The second-order valence-corrected chi connectivity index (χ2v) is 4.12. The van der Waals surface area contributed by atoms with Gasteiger partial charge < -0.3 is 5.73 Å². The van der Waals surface area contributed by atoms with Gasteiger partial charge in [-0.3, -0.25) is 0 Å². The van der Waals surface area contributed by atoms with E-state index >= 15 is 0 Å². The normalized spacial score (nSPS) is 10.8. The third-order valence-electron chi connectivity index (χ3n) is 2.94. The molecule has 2 aromatic rings. The highest BCUT2D eigenvalue weighted by molar-refractivity contribution is 5.44. The fourth-order valence-electron chi connectivity index (χ4n) is 1.77. The van der Waals surface area contributed by atoms with Gasteiger partial charge in [-0.15, -0.1) is 5.10 Å². The summed E-state index contributed by atoms with van der Waals surface area (Å²) in [5, 5.41) is 11.8. The van der Waals surface area contributed by atoms with Crippen LogP contribution >= 0.6 is 0 Å². The molecule has 2 N–H and O–H groups in total. The predicted octanol–water partition coefficient (Wildman–Crippen LogP) is 1.17. The maximum atomic E-state index is 5.51. The molecule has 0 aliphatic rings. The molecule has 0 saturated heterocycles. The average molecular weight is 231 g/mol. The number of hydrogen-bond donors (Lipinski definition) is 1. The van der Waals surface area contributed by atoms with Crippen molar-refractivity contribution in [2.45, 2.75) is 26.7 Å². The first-order valence-corrected chi connectivity index (χ1v) is 5.78. The first kappa shape index (κ1) is 11.7. The Bertz CT molecular complexity index is 503. The van der Waals surface area contributed by atoms with Crippen molar-refractivity contribution in [1.29, 1.82) is 0 Å². The highest BCUT2D eigenvalue weighted by Crippen LogP contribution is 2.17. The molecule has 0 atom stereocenters. The van der Waals surface area contributed by atoms with Crippen molar-refractivity contribution in [3.8, 4) is 5.69 Å². The predicted molar refractivity (Wildman–Crippen MR) is 66.0 cm³/mol. The summed E-state index contributed by atoms with van der Waals surface area (Å²) in [5.74, 6) is 0.865. The molecular formula is C12H17N5. The van der Waals surface area contributed by atoms with Crippen LogP contribution < -0.4 is 5.73 Å². The van der Waals surface area contributed by atoms with E-state index in [4.69, 9.17) is 5.73 Å². The van der Waals surface area contributed by atoms with Gasteiger partial charge in [-0.2, -0.15) is 4.68 Å². The van der Waals surface area contributed by atoms with E-state index in [1.807, 2.05) is 12.1 Å². The zero-order valence-corrected chi connectivity index (χ0v) is 10.2. The molecule has 0 bridgehead atoms. The maximum absolute atomic E-state index is 5.51. The van der Waals surface area contributed by atoms with Crippen molar-refractivity contribution in [3.63, 3.8) is 0 Å². The number of tetrazole rings is 1. The summed E-state index contributed by atoms with van der Waals surface area (Å²) in [6, 6.07) is 6.14. The van der Waals surface area contributed by atoms with Crippen LogP contribution in [0.3, 0.4) is 0 Å². The molecule has 17 heavy (non-hydrogen) atoms. The smallest absolute Gasteiger partial charge is 0.156 e. The minimum atomic E-state index is 0.652. The third kappa shape index (κ3) is 2.34. The van der Waals surface area contributed by atoms with E-state index in [2.05, 4.69) is 35.4 Å². The molecule has 0 fully saturated rings. The zero-order valence-electron chi connectivity index (χ0n) is 10.2. The summed E-state index contributed by atoms with van der Waals surface area (Å²) in [4.78, 5) is 0. The molecule has 0 unspecified atom stereocenters. The molecule has 0 spiro atoms. The molecule has 0 radical (unpaired) electrons. The lowest BCUT2D eigenvalue weighted by Crippen LogP contribution is -2.08. The summed E-state index contributed by atoms with van der Waals surface area (Å²) in [6.07, 6.45) is 1.70. The fraction of sp³-hybridized carbons (Fsp3) is 0.417. The number of benzene rings is 1. The highest BCUT2D eigenvalue weighted by atomic mass is 15.5. The van der Waals surface area contributed by atoms with E-state index in [1.54, 1.807) is 4.68 Å². The van der Waals surface area contributed by atoms with Crippen molar-refractivity contribution in [2.75, 3.05) is 6.54 Å². The lowest BCUT2D eigenvalue weighted by Gasteiger charge is -2.09. The van der Waals surface area contributed by atoms with Crippen molar-refractivity contribution in [2.24, 2.45) is 5.73 Å². The first-order chi connectivity index (χ1) is 8.24. The standard InChI is InChI=1S/C12H17N5/c1-9-5-3-6-11(10(9)2)17-12(7-4-8-13)14-15-16-17/h3,5-6H,4,7-8,13H2,1-2H3. The van der Waals surface area contributed by atoms with Gasteiger partial charge >= 0.3 is 0 Å². The van der Waals surface area contributed by atoms with Gasteiger partial charge in [0.1, 0.15) is 0 Å². The summed E-state index contributed by atoms with van der Waals surface area (Å²) < 4.78 is 1.80. The highest BCUT2D eigenvalue weighted by Gasteiger charge is 2.10. The van der Waals surface area contributed by atoms with Gasteiger partial charge in [-0.1, -0.05) is 12.1 Å².